The molecule has 8 N–H and O–H groups in total. The van der Waals surface area contributed by atoms with E-state index in [2.05, 4.69) is 10.3 Å². The van der Waals surface area contributed by atoms with Gasteiger partial charge >= 0.3 is 0 Å². The maximum Gasteiger partial charge on any atom is 0.249 e. The molecular formula is C31H41N9O5. The van der Waals surface area contributed by atoms with Crippen LogP contribution in [0.1, 0.15) is 0 Å². The number of amides is 4. The minimum absolute atomic E-state index is 0.0263. The van der Waals surface area contributed by atoms with Gasteiger partial charge in [-0.3, -0.25) is 43.6 Å². The normalized spacial score (nSPS) is 16.4. The zero-order valence-electron chi connectivity index (χ0n) is 25.2. The van der Waals surface area contributed by atoms with Gasteiger partial charge in [0.25, 0.3) is 0 Å². The van der Waals surface area contributed by atoms with Crippen LogP contribution in [-0.2, 0) is 19.2 Å². The molecule has 0 atom stereocenters. The van der Waals surface area contributed by atoms with Crippen LogP contribution >= 0.6 is 0 Å². The summed E-state index contributed by atoms with van der Waals surface area (Å²) in [4.78, 5) is 71.3. The quantitative estimate of drug-likeness (QED) is 0.185. The molecule has 1 aliphatic heterocycles. The number of fused-ring (bicyclic) bond motifs is 1. The minimum Gasteiger partial charge on any atom is -0.369 e. The van der Waals surface area contributed by atoms with E-state index in [4.69, 9.17) is 17.2 Å². The lowest BCUT2D eigenvalue weighted by atomic mass is 10.0. The molecule has 1 fully saturated rings. The van der Waals surface area contributed by atoms with Crippen molar-refractivity contribution < 1.29 is 19.2 Å². The SMILES string of the molecule is NC(=O)CN1CCN(CC(N)=O)CCN(CC(=O)Nc2ccc3c(-c4ccccc4)cc(=O)[nH]c3c2)CCN(CC(N)=O)CC1. The number of nitrogens with one attached hydrogen (secondary N) is 2. The number of carbonyl (C=O) groups excluding carboxylic acids is 4. The summed E-state index contributed by atoms with van der Waals surface area (Å²) in [6.07, 6.45) is 0. The van der Waals surface area contributed by atoms with Gasteiger partial charge in [-0.2, -0.15) is 0 Å². The van der Waals surface area contributed by atoms with Crippen LogP contribution in [0, 0.1) is 0 Å². The van der Waals surface area contributed by atoms with Gasteiger partial charge in [0.2, 0.25) is 29.2 Å². The third kappa shape index (κ3) is 10.5. The van der Waals surface area contributed by atoms with Crippen molar-refractivity contribution in [2.24, 2.45) is 17.2 Å². The second kappa shape index (κ2) is 15.9. The Labute approximate surface area is 261 Å². The number of hydrogen-bond acceptors (Lipinski definition) is 9. The molecule has 0 unspecified atom stereocenters. The fourth-order valence-electron chi connectivity index (χ4n) is 5.47. The number of H-pyrrole nitrogens is 1. The Morgan fingerprint density at radius 1 is 0.644 bits per heavy atom. The summed E-state index contributed by atoms with van der Waals surface area (Å²) in [5.74, 6) is -1.70. The summed E-state index contributed by atoms with van der Waals surface area (Å²) in [6.45, 7) is 3.70. The maximum atomic E-state index is 13.3. The van der Waals surface area contributed by atoms with Gasteiger partial charge in [-0.1, -0.05) is 36.4 Å². The summed E-state index contributed by atoms with van der Waals surface area (Å²) < 4.78 is 0. The summed E-state index contributed by atoms with van der Waals surface area (Å²) in [5.41, 5.74) is 19.0. The molecule has 2 aromatic carbocycles. The van der Waals surface area contributed by atoms with Crippen molar-refractivity contribution in [2.45, 2.75) is 0 Å². The third-order valence-corrected chi connectivity index (χ3v) is 7.65. The second-order valence-electron chi connectivity index (χ2n) is 11.2. The van der Waals surface area contributed by atoms with Gasteiger partial charge in [0.15, 0.2) is 0 Å². The third-order valence-electron chi connectivity index (χ3n) is 7.65. The number of nitrogens with two attached hydrogens (primary N) is 3. The highest BCUT2D eigenvalue weighted by Crippen LogP contribution is 2.27. The topological polar surface area (TPSA) is 204 Å². The molecule has 14 heteroatoms. The molecule has 14 nitrogen and oxygen atoms in total. The first-order chi connectivity index (χ1) is 21.5. The predicted molar refractivity (Wildman–Crippen MR) is 172 cm³/mol. The molecule has 0 bridgehead atoms. The highest BCUT2D eigenvalue weighted by molar-refractivity contribution is 5.99. The summed E-state index contributed by atoms with van der Waals surface area (Å²) >= 11 is 0. The van der Waals surface area contributed by atoms with Crippen molar-refractivity contribution in [3.8, 4) is 11.1 Å². The van der Waals surface area contributed by atoms with Crippen molar-refractivity contribution in [3.63, 3.8) is 0 Å². The predicted octanol–water partition coefficient (Wildman–Crippen LogP) is -1.19. The van der Waals surface area contributed by atoms with E-state index in [9.17, 15) is 24.0 Å². The van der Waals surface area contributed by atoms with E-state index in [-0.39, 0.29) is 37.6 Å². The zero-order valence-corrected chi connectivity index (χ0v) is 25.2. The summed E-state index contributed by atoms with van der Waals surface area (Å²) in [5, 5.41) is 3.78. The van der Waals surface area contributed by atoms with Crippen molar-refractivity contribution in [1.29, 1.82) is 0 Å². The molecule has 1 saturated heterocycles. The van der Waals surface area contributed by atoms with Crippen molar-refractivity contribution in [2.75, 3.05) is 83.9 Å². The van der Waals surface area contributed by atoms with E-state index in [1.54, 1.807) is 18.2 Å². The number of pyridine rings is 1. The van der Waals surface area contributed by atoms with E-state index in [0.29, 0.717) is 63.6 Å². The molecule has 2 heterocycles. The van der Waals surface area contributed by atoms with Crippen LogP contribution in [0.5, 0.6) is 0 Å². The molecule has 4 rings (SSSR count). The number of hydrogen-bond donors (Lipinski definition) is 5. The van der Waals surface area contributed by atoms with Crippen molar-refractivity contribution in [3.05, 3.63) is 65.0 Å². The number of primary amides is 3. The Morgan fingerprint density at radius 2 is 1.11 bits per heavy atom. The van der Waals surface area contributed by atoms with E-state index < -0.39 is 17.7 Å². The molecule has 0 saturated carbocycles. The van der Waals surface area contributed by atoms with Crippen LogP contribution in [0.3, 0.4) is 0 Å². The van der Waals surface area contributed by atoms with E-state index >= 15 is 0 Å². The lowest BCUT2D eigenvalue weighted by Crippen LogP contribution is -2.50. The maximum absolute atomic E-state index is 13.3. The number of aromatic amines is 1. The molecule has 0 spiro atoms. The highest BCUT2D eigenvalue weighted by Gasteiger charge is 2.20. The fourth-order valence-corrected chi connectivity index (χ4v) is 5.47. The molecule has 4 amide bonds. The lowest BCUT2D eigenvalue weighted by Gasteiger charge is -2.33. The molecular weight excluding hydrogens is 578 g/mol. The Bertz CT molecular complexity index is 1530. The van der Waals surface area contributed by atoms with Gasteiger partial charge < -0.3 is 27.5 Å². The number of nitrogens with zero attached hydrogens (tertiary/aromatic N) is 4. The Morgan fingerprint density at radius 3 is 1.58 bits per heavy atom. The summed E-state index contributed by atoms with van der Waals surface area (Å²) in [7, 11) is 0. The Hall–Kier alpha value is -4.63. The first-order valence-electron chi connectivity index (χ1n) is 14.8. The average Bonchev–Trinajstić information content (AvgIpc) is 2.97. The van der Waals surface area contributed by atoms with Gasteiger partial charge in [0.1, 0.15) is 0 Å². The average molecular weight is 620 g/mol. The Kier molecular flexibility index (Phi) is 11.8. The van der Waals surface area contributed by atoms with E-state index in [0.717, 1.165) is 16.5 Å². The number of aromatic nitrogens is 1. The van der Waals surface area contributed by atoms with Crippen molar-refractivity contribution in [1.82, 2.24) is 24.6 Å². The van der Waals surface area contributed by atoms with Crippen LogP contribution in [0.2, 0.25) is 0 Å². The molecule has 45 heavy (non-hydrogen) atoms. The molecule has 240 valence electrons. The molecule has 1 aliphatic rings. The van der Waals surface area contributed by atoms with Gasteiger partial charge in [-0.15, -0.1) is 0 Å². The van der Waals surface area contributed by atoms with Crippen LogP contribution in [0.4, 0.5) is 5.69 Å². The standard InChI is InChI=1S/C31H41N9O5/c32-27(41)18-37-8-10-38(19-28(33)42)12-14-40(15-13-39(11-9-37)20-29(34)43)21-31(45)35-23-6-7-24-25(22-4-2-1-3-5-22)17-30(44)36-26(24)16-23/h1-7,16-17H,8-15,18-21H2,(H2,32,41)(H2,33,42)(H2,34,43)(H,35,45)(H,36,44). The first kappa shape index (κ1) is 33.3. The van der Waals surface area contributed by atoms with Crippen LogP contribution in [0.15, 0.2) is 59.4 Å². The largest absolute Gasteiger partial charge is 0.369 e. The smallest absolute Gasteiger partial charge is 0.249 e. The lowest BCUT2D eigenvalue weighted by molar-refractivity contribution is -0.121. The first-order valence-corrected chi connectivity index (χ1v) is 14.8. The number of rotatable bonds is 10. The molecule has 3 aromatic rings. The molecule has 0 radical (unpaired) electrons. The van der Waals surface area contributed by atoms with Crippen LogP contribution in [-0.4, -0.2) is 127 Å². The van der Waals surface area contributed by atoms with E-state index in [1.165, 1.54) is 0 Å². The highest BCUT2D eigenvalue weighted by atomic mass is 16.2. The Balaban J connectivity index is 1.49. The van der Waals surface area contributed by atoms with E-state index in [1.807, 2.05) is 56.0 Å². The second-order valence-corrected chi connectivity index (χ2v) is 11.2. The van der Waals surface area contributed by atoms with Gasteiger partial charge in [0, 0.05) is 69.5 Å². The molecule has 0 aliphatic carbocycles. The van der Waals surface area contributed by atoms with Gasteiger partial charge in [-0.25, -0.2) is 0 Å². The monoisotopic (exact) mass is 619 g/mol. The number of anilines is 1. The van der Waals surface area contributed by atoms with Crippen LogP contribution < -0.4 is 28.1 Å². The summed E-state index contributed by atoms with van der Waals surface area (Å²) in [6, 6.07) is 16.6. The van der Waals surface area contributed by atoms with Gasteiger partial charge in [0.05, 0.1) is 31.7 Å². The minimum atomic E-state index is -0.481. The van der Waals surface area contributed by atoms with Crippen LogP contribution in [0.25, 0.3) is 22.0 Å². The number of carbonyl (C=O) groups is 4. The molecule has 1 aromatic heterocycles. The zero-order chi connectivity index (χ0) is 32.3. The number of benzene rings is 2. The van der Waals surface area contributed by atoms with Gasteiger partial charge in [-0.05, 0) is 23.3 Å². The fraction of sp³-hybridized carbons (Fsp3) is 0.387. The van der Waals surface area contributed by atoms with Crippen molar-refractivity contribution >= 4 is 40.2 Å².